The molecule has 2 amide bonds. The molecule has 1 saturated heterocycles. The number of hydrogen-bond donors (Lipinski definition) is 1. The lowest BCUT2D eigenvalue weighted by Crippen LogP contribution is -2.68. The zero-order chi connectivity index (χ0) is 40.6. The fourth-order valence-corrected chi connectivity index (χ4v) is 14.1. The van der Waals surface area contributed by atoms with E-state index in [-0.39, 0.29) is 43.3 Å². The number of aliphatic hydroxyl groups is 1. The van der Waals surface area contributed by atoms with E-state index < -0.39 is 105 Å². The first kappa shape index (κ1) is 44.2. The molecule has 1 aromatic rings. The molecule has 0 spiro atoms. The molecule has 0 aliphatic carbocycles. The van der Waals surface area contributed by atoms with E-state index in [1.165, 1.54) is 12.3 Å². The van der Waals surface area contributed by atoms with Gasteiger partial charge in [0.1, 0.15) is 37.1 Å². The summed E-state index contributed by atoms with van der Waals surface area (Å²) in [4.78, 5) is 66.1. The molecule has 8 atom stereocenters. The second kappa shape index (κ2) is 17.8. The van der Waals surface area contributed by atoms with Gasteiger partial charge in [-0.2, -0.15) is 0 Å². The van der Waals surface area contributed by atoms with Crippen LogP contribution in [0.2, 0.25) is 36.7 Å². The van der Waals surface area contributed by atoms with E-state index in [0.717, 1.165) is 20.8 Å². The van der Waals surface area contributed by atoms with Gasteiger partial charge in [-0.3, -0.25) is 28.9 Å². The van der Waals surface area contributed by atoms with Crippen LogP contribution >= 0.6 is 46.4 Å². The predicted octanol–water partition coefficient (Wildman–Crippen LogP) is 6.27. The molecule has 14 nitrogen and oxygen atoms in total. The molecule has 54 heavy (non-hydrogen) atoms. The number of hydrogen-bond acceptors (Lipinski definition) is 13. The monoisotopic (exact) mass is 855 g/mol. The van der Waals surface area contributed by atoms with Crippen molar-refractivity contribution in [3.63, 3.8) is 0 Å². The Kier molecular flexibility index (Phi) is 14.6. The number of carbonyl (C=O) groups is 5. The lowest BCUT2D eigenvalue weighted by molar-refractivity contribution is -0.300. The summed E-state index contributed by atoms with van der Waals surface area (Å²) in [6, 6.07) is -1.75. The molecule has 3 aliphatic rings. The van der Waals surface area contributed by atoms with Gasteiger partial charge in [0.15, 0.2) is 18.5 Å². The predicted molar refractivity (Wildman–Crippen MR) is 199 cm³/mol. The Bertz CT molecular complexity index is 1600. The standard InChI is InChI=1S/C35H45Cl4NO13Si/c1-14(2)54(15(3)4,16(5)6)49-13-21-30(44)20(10-11-47-21)52-35-29(40-33(45)23-24(34(40)46)26(37)28(39)27(38)25(23)36)32(51-19(9)43)31(50-18(8)42)22(53-35)12-48-17(7)41/h10-11,14-16,20-22,29-32,35,44H,12-13H2,1-9H3/t20-,21-,22-,29-,30-,31-,32-,35-/m1/s1. The van der Waals surface area contributed by atoms with Crippen molar-refractivity contribution >= 4 is 84.4 Å². The zero-order valence-corrected chi connectivity index (χ0v) is 35.2. The summed E-state index contributed by atoms with van der Waals surface area (Å²) in [6.45, 7) is 15.4. The fourth-order valence-electron chi connectivity index (χ4n) is 7.68. The van der Waals surface area contributed by atoms with E-state index >= 15 is 0 Å². The Morgan fingerprint density at radius 1 is 0.778 bits per heavy atom. The van der Waals surface area contributed by atoms with Crippen LogP contribution in [0.5, 0.6) is 0 Å². The highest BCUT2D eigenvalue weighted by Crippen LogP contribution is 2.47. The largest absolute Gasteiger partial charge is 0.493 e. The van der Waals surface area contributed by atoms with Crippen LogP contribution < -0.4 is 0 Å². The van der Waals surface area contributed by atoms with Crippen molar-refractivity contribution in [3.8, 4) is 0 Å². The van der Waals surface area contributed by atoms with Gasteiger partial charge in [-0.15, -0.1) is 0 Å². The lowest BCUT2D eigenvalue weighted by atomic mass is 9.94. The highest BCUT2D eigenvalue weighted by atomic mass is 35.5. The quantitative estimate of drug-likeness (QED) is 0.0588. The molecular formula is C35H45Cl4NO13Si. The Morgan fingerprint density at radius 3 is 1.74 bits per heavy atom. The van der Waals surface area contributed by atoms with Crippen LogP contribution in [0.3, 0.4) is 0 Å². The number of fused-ring (bicyclic) bond motifs is 1. The minimum absolute atomic E-state index is 0.0116. The lowest BCUT2D eigenvalue weighted by Gasteiger charge is -2.48. The minimum atomic E-state index is -2.41. The molecule has 3 aliphatic heterocycles. The SMILES string of the molecule is CC(=O)OC[C@H]1O[C@@H](O[C@@H]2C=CO[C@H](CO[Si](C(C)C)(C(C)C)C(C)C)[C@@H]2O)[C@H](N2C(=O)c3c(Cl)c(Cl)c(Cl)c(Cl)c3C2=O)[C@@H](OC(C)=O)[C@@H]1OC(C)=O. The summed E-state index contributed by atoms with van der Waals surface area (Å²) in [7, 11) is -2.41. The van der Waals surface area contributed by atoms with Crippen LogP contribution in [-0.2, 0) is 47.2 Å². The third-order valence-corrected chi connectivity index (χ3v) is 17.7. The molecule has 4 rings (SSSR count). The zero-order valence-electron chi connectivity index (χ0n) is 31.2. The van der Waals surface area contributed by atoms with Crippen LogP contribution in [-0.4, -0.2) is 110 Å². The molecule has 0 aromatic heterocycles. The van der Waals surface area contributed by atoms with E-state index in [0.29, 0.717) is 4.90 Å². The summed E-state index contributed by atoms with van der Waals surface area (Å²) in [6.07, 6.45) is -7.28. The topological polar surface area (TPSA) is 173 Å². The molecule has 0 radical (unpaired) electrons. The number of halogens is 4. The van der Waals surface area contributed by atoms with Crippen molar-refractivity contribution in [1.82, 2.24) is 4.90 Å². The maximum atomic E-state index is 14.2. The summed E-state index contributed by atoms with van der Waals surface area (Å²) in [5.74, 6) is -4.60. The number of esters is 3. The van der Waals surface area contributed by atoms with Crippen LogP contribution in [0, 0.1) is 0 Å². The number of benzene rings is 1. The number of amides is 2. The van der Waals surface area contributed by atoms with Crippen LogP contribution in [0.15, 0.2) is 12.3 Å². The molecule has 1 N–H and O–H groups in total. The number of nitrogens with zero attached hydrogens (tertiary/aromatic N) is 1. The molecule has 0 saturated carbocycles. The average Bonchev–Trinajstić information content (AvgIpc) is 3.33. The first-order valence-corrected chi connectivity index (χ1v) is 21.0. The van der Waals surface area contributed by atoms with E-state index in [2.05, 4.69) is 41.5 Å². The van der Waals surface area contributed by atoms with Crippen molar-refractivity contribution in [2.75, 3.05) is 13.2 Å². The Balaban J connectivity index is 1.81. The molecule has 3 heterocycles. The molecule has 0 bridgehead atoms. The van der Waals surface area contributed by atoms with E-state index in [9.17, 15) is 29.1 Å². The Morgan fingerprint density at radius 2 is 1.28 bits per heavy atom. The van der Waals surface area contributed by atoms with Crippen molar-refractivity contribution in [3.05, 3.63) is 43.6 Å². The van der Waals surface area contributed by atoms with Gasteiger partial charge in [0.2, 0.25) is 8.32 Å². The third kappa shape index (κ3) is 8.59. The summed E-state index contributed by atoms with van der Waals surface area (Å²) >= 11 is 25.4. The summed E-state index contributed by atoms with van der Waals surface area (Å²) < 4.78 is 41.5. The maximum absolute atomic E-state index is 14.2. The highest BCUT2D eigenvalue weighted by Gasteiger charge is 2.59. The van der Waals surface area contributed by atoms with Gasteiger partial charge < -0.3 is 38.0 Å². The van der Waals surface area contributed by atoms with Gasteiger partial charge in [0.05, 0.1) is 44.1 Å². The van der Waals surface area contributed by atoms with Crippen molar-refractivity contribution in [2.45, 2.75) is 128 Å². The smallest absolute Gasteiger partial charge is 0.303 e. The van der Waals surface area contributed by atoms with Crippen molar-refractivity contribution in [2.24, 2.45) is 0 Å². The van der Waals surface area contributed by atoms with Crippen molar-refractivity contribution in [1.29, 1.82) is 0 Å². The van der Waals surface area contributed by atoms with Gasteiger partial charge in [0.25, 0.3) is 11.8 Å². The molecule has 19 heteroatoms. The number of aliphatic hydroxyl groups excluding tert-OH is 1. The third-order valence-electron chi connectivity index (χ3n) is 9.84. The average molecular weight is 858 g/mol. The van der Waals surface area contributed by atoms with Gasteiger partial charge in [-0.1, -0.05) is 87.9 Å². The van der Waals surface area contributed by atoms with Gasteiger partial charge in [0, 0.05) is 20.8 Å². The fraction of sp³-hybridized carbons (Fsp3) is 0.629. The molecule has 1 aromatic carbocycles. The second-order valence-corrected chi connectivity index (χ2v) is 21.2. The van der Waals surface area contributed by atoms with Gasteiger partial charge in [-0.25, -0.2) is 0 Å². The normalized spacial score (nSPS) is 27.0. The first-order chi connectivity index (χ1) is 25.2. The van der Waals surface area contributed by atoms with Crippen LogP contribution in [0.25, 0.3) is 0 Å². The number of carbonyl (C=O) groups excluding carboxylic acids is 5. The molecular weight excluding hydrogens is 812 g/mol. The van der Waals surface area contributed by atoms with Crippen LogP contribution in [0.4, 0.5) is 0 Å². The van der Waals surface area contributed by atoms with Gasteiger partial charge >= 0.3 is 17.9 Å². The molecule has 0 unspecified atom stereocenters. The first-order valence-electron chi connectivity index (χ1n) is 17.3. The Hall–Kier alpha value is -2.47. The van der Waals surface area contributed by atoms with E-state index in [1.54, 1.807) is 0 Å². The van der Waals surface area contributed by atoms with Crippen molar-refractivity contribution < 1.29 is 61.9 Å². The summed E-state index contributed by atoms with van der Waals surface area (Å²) in [5, 5.41) is 10.3. The summed E-state index contributed by atoms with van der Waals surface area (Å²) in [5.41, 5.74) is -0.0869. The van der Waals surface area contributed by atoms with Crippen LogP contribution in [0.1, 0.15) is 83.0 Å². The number of ether oxygens (including phenoxy) is 6. The Labute approximate surface area is 334 Å². The number of rotatable bonds is 13. The highest BCUT2D eigenvalue weighted by molar-refractivity contribution is 6.77. The van der Waals surface area contributed by atoms with E-state index in [1.807, 2.05) is 0 Å². The second-order valence-electron chi connectivity index (χ2n) is 14.2. The minimum Gasteiger partial charge on any atom is -0.493 e. The maximum Gasteiger partial charge on any atom is 0.303 e. The van der Waals surface area contributed by atoms with E-state index in [4.69, 9.17) is 79.3 Å². The van der Waals surface area contributed by atoms with Gasteiger partial charge in [-0.05, 0) is 22.7 Å². The number of imide groups is 1. The molecule has 1 fully saturated rings. The molecule has 300 valence electrons.